The number of aryl methyl sites for hydroxylation is 2. The number of hydrogen-bond acceptors (Lipinski definition) is 4. The summed E-state index contributed by atoms with van der Waals surface area (Å²) in [7, 11) is 1.61. The van der Waals surface area contributed by atoms with E-state index >= 15 is 0 Å². The molecule has 0 saturated carbocycles. The monoisotopic (exact) mass is 319 g/mol. The van der Waals surface area contributed by atoms with Gasteiger partial charge in [-0.05, 0) is 13.3 Å². The molecule has 0 spiro atoms. The molecule has 1 unspecified atom stereocenters. The zero-order valence-electron chi connectivity index (χ0n) is 10.9. The second-order valence-electron chi connectivity index (χ2n) is 4.12. The Balaban J connectivity index is 3.07. The number of alkyl halides is 1. The first kappa shape index (κ1) is 15.1. The molecule has 0 saturated heterocycles. The maximum absolute atomic E-state index is 11.1. The molecule has 1 heterocycles. The van der Waals surface area contributed by atoms with Gasteiger partial charge in [0, 0.05) is 24.9 Å². The minimum Gasteiger partial charge on any atom is -0.384 e. The van der Waals surface area contributed by atoms with Crippen LogP contribution in [0.2, 0.25) is 0 Å². The van der Waals surface area contributed by atoms with Crippen LogP contribution in [-0.4, -0.2) is 33.2 Å². The van der Waals surface area contributed by atoms with E-state index in [4.69, 9.17) is 4.74 Å². The Bertz CT molecular complexity index is 420. The van der Waals surface area contributed by atoms with Crippen LogP contribution in [0.3, 0.4) is 0 Å². The second-order valence-corrected chi connectivity index (χ2v) is 5.41. The van der Waals surface area contributed by atoms with E-state index in [0.717, 1.165) is 6.42 Å². The second kappa shape index (κ2) is 6.84. The van der Waals surface area contributed by atoms with Crippen LogP contribution in [0.15, 0.2) is 0 Å². The van der Waals surface area contributed by atoms with E-state index in [1.54, 1.807) is 18.7 Å². The van der Waals surface area contributed by atoms with E-state index in [1.165, 1.54) is 0 Å². The van der Waals surface area contributed by atoms with Crippen LogP contribution in [0.5, 0.6) is 0 Å². The summed E-state index contributed by atoms with van der Waals surface area (Å²) in [6.07, 6.45) is 1.42. The number of nitrogens with zero attached hydrogens (tertiary/aromatic N) is 3. The lowest BCUT2D eigenvalue weighted by Crippen LogP contribution is -2.15. The first-order chi connectivity index (χ1) is 8.51. The maximum atomic E-state index is 11.1. The third-order valence-corrected chi connectivity index (χ3v) is 3.17. The third-order valence-electron chi connectivity index (χ3n) is 2.58. The molecule has 0 amide bonds. The SMILES string of the molecule is CCCn1nc(C)c([N+](=O)[O-])c1CC(Br)COC. The van der Waals surface area contributed by atoms with Crippen LogP contribution in [0.4, 0.5) is 5.69 Å². The third kappa shape index (κ3) is 3.52. The van der Waals surface area contributed by atoms with Gasteiger partial charge >= 0.3 is 5.69 Å². The van der Waals surface area contributed by atoms with E-state index in [1.807, 2.05) is 6.92 Å². The molecule has 0 N–H and O–H groups in total. The number of nitro groups is 1. The van der Waals surface area contributed by atoms with Crippen molar-refractivity contribution in [2.45, 2.75) is 38.1 Å². The van der Waals surface area contributed by atoms with Crippen LogP contribution in [-0.2, 0) is 17.7 Å². The first-order valence-corrected chi connectivity index (χ1v) is 6.76. The van der Waals surface area contributed by atoms with E-state index in [2.05, 4.69) is 21.0 Å². The number of methoxy groups -OCH3 is 1. The van der Waals surface area contributed by atoms with Gasteiger partial charge in [-0.2, -0.15) is 5.10 Å². The molecule has 1 aromatic rings. The highest BCUT2D eigenvalue weighted by atomic mass is 79.9. The average molecular weight is 320 g/mol. The average Bonchev–Trinajstić information content (AvgIpc) is 2.56. The first-order valence-electron chi connectivity index (χ1n) is 5.84. The predicted octanol–water partition coefficient (Wildman–Crippen LogP) is 2.46. The highest BCUT2D eigenvalue weighted by Gasteiger charge is 2.26. The minimum atomic E-state index is -0.351. The molecule has 0 aliphatic rings. The Morgan fingerprint density at radius 3 is 2.78 bits per heavy atom. The Morgan fingerprint density at radius 2 is 2.28 bits per heavy atom. The normalized spacial score (nSPS) is 12.7. The van der Waals surface area contributed by atoms with Crippen LogP contribution in [0.1, 0.15) is 24.7 Å². The molecule has 1 rings (SSSR count). The van der Waals surface area contributed by atoms with Crippen LogP contribution in [0.25, 0.3) is 0 Å². The summed E-state index contributed by atoms with van der Waals surface area (Å²) in [6, 6.07) is 0. The van der Waals surface area contributed by atoms with Crippen molar-refractivity contribution in [2.75, 3.05) is 13.7 Å². The zero-order chi connectivity index (χ0) is 13.7. The van der Waals surface area contributed by atoms with Gasteiger partial charge in [0.2, 0.25) is 0 Å². The summed E-state index contributed by atoms with van der Waals surface area (Å²) >= 11 is 3.46. The molecule has 6 nitrogen and oxygen atoms in total. The van der Waals surface area contributed by atoms with Crippen molar-refractivity contribution < 1.29 is 9.66 Å². The van der Waals surface area contributed by atoms with Crippen LogP contribution in [0, 0.1) is 17.0 Å². The zero-order valence-corrected chi connectivity index (χ0v) is 12.4. The number of ether oxygens (including phenoxy) is 1. The number of hydrogen-bond donors (Lipinski definition) is 0. The van der Waals surface area contributed by atoms with Gasteiger partial charge in [-0.3, -0.25) is 14.8 Å². The van der Waals surface area contributed by atoms with Crippen molar-refractivity contribution in [1.82, 2.24) is 9.78 Å². The predicted molar refractivity (Wildman–Crippen MR) is 72.2 cm³/mol. The fourth-order valence-electron chi connectivity index (χ4n) is 1.91. The molecule has 0 aromatic carbocycles. The van der Waals surface area contributed by atoms with Gasteiger partial charge in [-0.15, -0.1) is 0 Å². The molecule has 0 aliphatic carbocycles. The van der Waals surface area contributed by atoms with Crippen LogP contribution >= 0.6 is 15.9 Å². The highest BCUT2D eigenvalue weighted by Crippen LogP contribution is 2.26. The van der Waals surface area contributed by atoms with E-state index < -0.39 is 0 Å². The lowest BCUT2D eigenvalue weighted by atomic mass is 10.2. The summed E-state index contributed by atoms with van der Waals surface area (Å²) < 4.78 is 6.77. The summed E-state index contributed by atoms with van der Waals surface area (Å²) in [5.74, 6) is 0. The molecule has 0 radical (unpaired) electrons. The van der Waals surface area contributed by atoms with Gasteiger partial charge in [-0.25, -0.2) is 0 Å². The molecule has 0 fully saturated rings. The Kier molecular flexibility index (Phi) is 5.74. The van der Waals surface area contributed by atoms with Crippen molar-refractivity contribution in [2.24, 2.45) is 0 Å². The molecule has 7 heteroatoms. The molecule has 0 aliphatic heterocycles. The fraction of sp³-hybridized carbons (Fsp3) is 0.727. The maximum Gasteiger partial charge on any atom is 0.313 e. The molecule has 18 heavy (non-hydrogen) atoms. The molecular formula is C11H18BrN3O3. The van der Waals surface area contributed by atoms with Crippen LogP contribution < -0.4 is 0 Å². The lowest BCUT2D eigenvalue weighted by molar-refractivity contribution is -0.386. The Hall–Kier alpha value is -0.950. The Labute approximate surface area is 115 Å². The summed E-state index contributed by atoms with van der Waals surface area (Å²) in [4.78, 5) is 10.8. The Morgan fingerprint density at radius 1 is 1.61 bits per heavy atom. The standard InChI is InChI=1S/C11H18BrN3O3/c1-4-5-14-10(6-9(12)7-18-3)11(15(16)17)8(2)13-14/h9H,4-7H2,1-3H3. The summed E-state index contributed by atoms with van der Waals surface area (Å²) in [6.45, 7) is 4.89. The van der Waals surface area contributed by atoms with Crippen molar-refractivity contribution in [3.63, 3.8) is 0 Å². The highest BCUT2D eigenvalue weighted by molar-refractivity contribution is 9.09. The lowest BCUT2D eigenvalue weighted by Gasteiger charge is -2.10. The fourth-order valence-corrected chi connectivity index (χ4v) is 2.48. The number of halogens is 1. The van der Waals surface area contributed by atoms with Crippen molar-refractivity contribution in [3.8, 4) is 0 Å². The minimum absolute atomic E-state index is 0.0490. The van der Waals surface area contributed by atoms with Crippen molar-refractivity contribution in [3.05, 3.63) is 21.5 Å². The topological polar surface area (TPSA) is 70.2 Å². The van der Waals surface area contributed by atoms with Gasteiger partial charge in [-0.1, -0.05) is 22.9 Å². The quantitative estimate of drug-likeness (QED) is 0.439. The summed E-state index contributed by atoms with van der Waals surface area (Å²) in [5, 5.41) is 15.4. The number of rotatable bonds is 7. The van der Waals surface area contributed by atoms with Gasteiger partial charge in [0.15, 0.2) is 0 Å². The molecular weight excluding hydrogens is 302 g/mol. The van der Waals surface area contributed by atoms with E-state index in [-0.39, 0.29) is 15.4 Å². The van der Waals surface area contributed by atoms with Gasteiger partial charge < -0.3 is 4.74 Å². The van der Waals surface area contributed by atoms with E-state index in [0.29, 0.717) is 31.0 Å². The molecule has 1 atom stereocenters. The molecule has 102 valence electrons. The molecule has 0 bridgehead atoms. The molecule has 1 aromatic heterocycles. The van der Waals surface area contributed by atoms with Gasteiger partial charge in [0.25, 0.3) is 0 Å². The largest absolute Gasteiger partial charge is 0.384 e. The van der Waals surface area contributed by atoms with Crippen molar-refractivity contribution >= 4 is 21.6 Å². The summed E-state index contributed by atoms with van der Waals surface area (Å²) in [5.41, 5.74) is 1.27. The number of aromatic nitrogens is 2. The van der Waals surface area contributed by atoms with Gasteiger partial charge in [0.05, 0.1) is 11.5 Å². The smallest absolute Gasteiger partial charge is 0.313 e. The van der Waals surface area contributed by atoms with E-state index in [9.17, 15) is 10.1 Å². The van der Waals surface area contributed by atoms with Gasteiger partial charge in [0.1, 0.15) is 11.4 Å². The van der Waals surface area contributed by atoms with Crippen molar-refractivity contribution in [1.29, 1.82) is 0 Å².